The summed E-state index contributed by atoms with van der Waals surface area (Å²) in [7, 11) is 0. The summed E-state index contributed by atoms with van der Waals surface area (Å²) in [5, 5.41) is 10.5. The molecule has 0 spiro atoms. The van der Waals surface area contributed by atoms with Gasteiger partial charge in [-0.25, -0.2) is 4.98 Å². The van der Waals surface area contributed by atoms with Crippen molar-refractivity contribution in [1.29, 1.82) is 0 Å². The van der Waals surface area contributed by atoms with Gasteiger partial charge in [-0.05, 0) is 24.3 Å². The van der Waals surface area contributed by atoms with Crippen LogP contribution in [0.1, 0.15) is 11.4 Å². The highest BCUT2D eigenvalue weighted by Crippen LogP contribution is 2.44. The number of thioether (sulfide) groups is 1. The molecule has 0 saturated heterocycles. The van der Waals surface area contributed by atoms with Crippen LogP contribution in [0.25, 0.3) is 10.2 Å². The average Bonchev–Trinajstić information content (AvgIpc) is 3.08. The van der Waals surface area contributed by atoms with Crippen LogP contribution in [0.4, 0.5) is 5.69 Å². The van der Waals surface area contributed by atoms with Gasteiger partial charge in [-0.1, -0.05) is 46.4 Å². The fourth-order valence-corrected chi connectivity index (χ4v) is 6.13. The molecule has 1 N–H and O–H groups in total. The lowest BCUT2D eigenvalue weighted by molar-refractivity contribution is -0.138. The third-order valence-electron chi connectivity index (χ3n) is 4.24. The molecule has 1 aliphatic heterocycles. The van der Waals surface area contributed by atoms with Crippen LogP contribution in [0.15, 0.2) is 29.2 Å². The van der Waals surface area contributed by atoms with Gasteiger partial charge in [0, 0.05) is 9.92 Å². The molecule has 150 valence electrons. The molecule has 2 aromatic carbocycles. The highest BCUT2D eigenvalue weighted by molar-refractivity contribution is 8.01. The van der Waals surface area contributed by atoms with E-state index in [1.807, 2.05) is 0 Å². The number of benzene rings is 2. The maximum atomic E-state index is 13.0. The van der Waals surface area contributed by atoms with Crippen LogP contribution in [0.5, 0.6) is 0 Å². The molecule has 1 aliphatic rings. The van der Waals surface area contributed by atoms with Gasteiger partial charge >= 0.3 is 5.97 Å². The molecule has 0 fully saturated rings. The van der Waals surface area contributed by atoms with Crippen LogP contribution in [0, 0.1) is 0 Å². The van der Waals surface area contributed by atoms with Gasteiger partial charge in [-0.3, -0.25) is 9.59 Å². The van der Waals surface area contributed by atoms with Crippen molar-refractivity contribution >= 4 is 97.3 Å². The third kappa shape index (κ3) is 4.04. The van der Waals surface area contributed by atoms with Gasteiger partial charge in [0.25, 0.3) is 0 Å². The van der Waals surface area contributed by atoms with E-state index in [9.17, 15) is 14.7 Å². The Morgan fingerprint density at radius 2 is 1.93 bits per heavy atom. The molecule has 0 aliphatic carbocycles. The molecule has 2 heterocycles. The Hall–Kier alpha value is -1.22. The van der Waals surface area contributed by atoms with Crippen LogP contribution in [0.3, 0.4) is 0 Å². The molecule has 3 aromatic rings. The van der Waals surface area contributed by atoms with E-state index in [-0.39, 0.29) is 18.9 Å². The Balaban J connectivity index is 1.77. The van der Waals surface area contributed by atoms with E-state index >= 15 is 0 Å². The molecule has 29 heavy (non-hydrogen) atoms. The minimum absolute atomic E-state index is 0.131. The lowest BCUT2D eigenvalue weighted by Crippen LogP contribution is -2.41. The van der Waals surface area contributed by atoms with Crippen LogP contribution in [-0.4, -0.2) is 27.2 Å². The number of carboxylic acid groups (broad SMARTS) is 1. The molecule has 1 aromatic heterocycles. The summed E-state index contributed by atoms with van der Waals surface area (Å²) in [5.41, 5.74) is 1.08. The normalized spacial score (nSPS) is 16.3. The molecule has 4 rings (SSSR count). The topological polar surface area (TPSA) is 70.5 Å². The molecule has 1 amide bonds. The molecule has 1 unspecified atom stereocenters. The Bertz CT molecular complexity index is 1170. The number of halogens is 4. The maximum Gasteiger partial charge on any atom is 0.305 e. The van der Waals surface area contributed by atoms with E-state index in [4.69, 9.17) is 46.4 Å². The highest BCUT2D eigenvalue weighted by atomic mass is 35.5. The molecule has 1 atom stereocenters. The van der Waals surface area contributed by atoms with Gasteiger partial charge in [-0.2, -0.15) is 0 Å². The molecule has 11 heteroatoms. The molecule has 0 saturated carbocycles. The zero-order valence-corrected chi connectivity index (χ0v) is 18.9. The zero-order valence-electron chi connectivity index (χ0n) is 14.3. The van der Waals surface area contributed by atoms with Gasteiger partial charge in [0.1, 0.15) is 10.5 Å². The summed E-state index contributed by atoms with van der Waals surface area (Å²) in [6, 6.07) is 6.72. The summed E-state index contributed by atoms with van der Waals surface area (Å²) in [6.45, 7) is 0.131. The Morgan fingerprint density at radius 1 is 1.17 bits per heavy atom. The summed E-state index contributed by atoms with van der Waals surface area (Å²) >= 11 is 27.2. The van der Waals surface area contributed by atoms with Crippen molar-refractivity contribution in [3.05, 3.63) is 49.4 Å². The number of nitrogens with zero attached hydrogens (tertiary/aromatic N) is 2. The van der Waals surface area contributed by atoms with Crippen LogP contribution < -0.4 is 4.90 Å². The lowest BCUT2D eigenvalue weighted by atomic mass is 10.2. The summed E-state index contributed by atoms with van der Waals surface area (Å²) in [5.74, 6) is -1.36. The first kappa shape index (κ1) is 21.0. The molecular weight excluding hydrogens is 498 g/mol. The number of amides is 1. The van der Waals surface area contributed by atoms with Crippen molar-refractivity contribution in [2.75, 3.05) is 4.90 Å². The predicted octanol–water partition coefficient (Wildman–Crippen LogP) is 6.39. The van der Waals surface area contributed by atoms with E-state index in [0.29, 0.717) is 41.0 Å². The SMILES string of the molecule is O=C(O)CC1Sc2ccc(Cl)cc2N(Cc2nc3c(Cl)c(Cl)cc(Cl)c3s2)C1=O. The minimum Gasteiger partial charge on any atom is -0.481 e. The third-order valence-corrected chi connectivity index (χ3v) is 7.98. The summed E-state index contributed by atoms with van der Waals surface area (Å²) in [4.78, 5) is 31.1. The first-order valence-corrected chi connectivity index (χ1v) is 11.4. The largest absolute Gasteiger partial charge is 0.481 e. The smallest absolute Gasteiger partial charge is 0.305 e. The fraction of sp³-hybridized carbons (Fsp3) is 0.167. The summed E-state index contributed by atoms with van der Waals surface area (Å²) < 4.78 is 0.670. The van der Waals surface area contributed by atoms with E-state index in [1.165, 1.54) is 28.0 Å². The zero-order chi connectivity index (χ0) is 20.9. The number of hydrogen-bond donors (Lipinski definition) is 1. The number of hydrogen-bond acceptors (Lipinski definition) is 5. The number of rotatable bonds is 4. The second kappa shape index (κ2) is 8.13. The molecule has 0 radical (unpaired) electrons. The lowest BCUT2D eigenvalue weighted by Gasteiger charge is -2.32. The van der Waals surface area contributed by atoms with Gasteiger partial charge in [-0.15, -0.1) is 23.1 Å². The predicted molar refractivity (Wildman–Crippen MR) is 119 cm³/mol. The molecular formula is C18H10Cl4N2O3S2. The maximum absolute atomic E-state index is 13.0. The minimum atomic E-state index is -1.04. The van der Waals surface area contributed by atoms with Gasteiger partial charge < -0.3 is 10.0 Å². The van der Waals surface area contributed by atoms with Crippen molar-refractivity contribution < 1.29 is 14.7 Å². The second-order valence-corrected chi connectivity index (χ2v) is 10.1. The Kier molecular flexibility index (Phi) is 5.90. The number of anilines is 1. The molecule has 0 bridgehead atoms. The number of fused-ring (bicyclic) bond motifs is 2. The number of carboxylic acids is 1. The number of aliphatic carboxylic acids is 1. The van der Waals surface area contributed by atoms with Crippen molar-refractivity contribution in [3.8, 4) is 0 Å². The van der Waals surface area contributed by atoms with Gasteiger partial charge in [0.05, 0.1) is 43.7 Å². The van der Waals surface area contributed by atoms with E-state index in [0.717, 1.165) is 4.90 Å². The second-order valence-electron chi connectivity index (χ2n) is 6.18. The number of carbonyl (C=O) groups excluding carboxylic acids is 1. The standard InChI is InChI=1S/C18H10Cl4N2O3S2/c19-7-1-2-11-10(3-7)24(18(27)12(28-11)5-14(25)26)6-13-23-16-15(22)8(20)4-9(21)17(16)29-13/h1-4,12H,5-6H2,(H,25,26). The first-order valence-electron chi connectivity index (χ1n) is 8.17. The van der Waals surface area contributed by atoms with E-state index in [2.05, 4.69) is 4.98 Å². The van der Waals surface area contributed by atoms with Crippen molar-refractivity contribution in [3.63, 3.8) is 0 Å². The van der Waals surface area contributed by atoms with Crippen LogP contribution >= 0.6 is 69.5 Å². The van der Waals surface area contributed by atoms with Crippen molar-refractivity contribution in [2.45, 2.75) is 23.1 Å². The Morgan fingerprint density at radius 3 is 2.66 bits per heavy atom. The Labute approximate surface area is 193 Å². The van der Waals surface area contributed by atoms with Gasteiger partial charge in [0.2, 0.25) is 5.91 Å². The van der Waals surface area contributed by atoms with Gasteiger partial charge in [0.15, 0.2) is 0 Å². The van der Waals surface area contributed by atoms with Crippen LogP contribution in [0.2, 0.25) is 20.1 Å². The number of thiazole rings is 1. The number of carbonyl (C=O) groups is 2. The van der Waals surface area contributed by atoms with Crippen molar-refractivity contribution in [1.82, 2.24) is 4.98 Å². The van der Waals surface area contributed by atoms with E-state index in [1.54, 1.807) is 24.3 Å². The van der Waals surface area contributed by atoms with Crippen molar-refractivity contribution in [2.24, 2.45) is 0 Å². The highest BCUT2D eigenvalue weighted by Gasteiger charge is 2.35. The van der Waals surface area contributed by atoms with Crippen LogP contribution in [-0.2, 0) is 16.1 Å². The average molecular weight is 508 g/mol. The summed E-state index contributed by atoms with van der Waals surface area (Å²) in [6.07, 6.45) is -0.283. The monoisotopic (exact) mass is 506 g/mol. The first-order chi connectivity index (χ1) is 13.7. The van der Waals surface area contributed by atoms with E-state index < -0.39 is 11.2 Å². The quantitative estimate of drug-likeness (QED) is 0.414. The number of aromatic nitrogens is 1. The molecule has 5 nitrogen and oxygen atoms in total. The fourth-order valence-electron chi connectivity index (χ4n) is 2.98.